The van der Waals surface area contributed by atoms with Crippen LogP contribution < -0.4 is 5.73 Å². The van der Waals surface area contributed by atoms with Gasteiger partial charge in [-0.2, -0.15) is 9.84 Å². The monoisotopic (exact) mass is 373 g/mol. The zero-order valence-electron chi connectivity index (χ0n) is 16.8. The number of nitriles is 1. The number of carbonyl (C=O) groups excluding carboxylic acids is 1. The van der Waals surface area contributed by atoms with E-state index in [-0.39, 0.29) is 6.09 Å². The van der Waals surface area contributed by atoms with E-state index in [1.54, 1.807) is 17.9 Å². The maximum Gasteiger partial charge on any atom is 0.411 e. The number of carbonyl (C=O) groups is 1. The Morgan fingerprint density at radius 1 is 1.48 bits per heavy atom. The van der Waals surface area contributed by atoms with Gasteiger partial charge in [-0.1, -0.05) is 13.0 Å². The van der Waals surface area contributed by atoms with Gasteiger partial charge in [-0.25, -0.2) is 4.79 Å². The summed E-state index contributed by atoms with van der Waals surface area (Å²) >= 11 is 0. The molecule has 0 fully saturated rings. The average molecular weight is 373 g/mol. The van der Waals surface area contributed by atoms with Gasteiger partial charge >= 0.3 is 6.09 Å². The Morgan fingerprint density at radius 3 is 2.74 bits per heavy atom. The molecule has 7 nitrogen and oxygen atoms in total. The van der Waals surface area contributed by atoms with E-state index >= 15 is 0 Å². The molecular formula is C20H29N4O3+. The van der Waals surface area contributed by atoms with E-state index in [4.69, 9.17) is 15.2 Å². The highest BCUT2D eigenvalue weighted by Gasteiger charge is 2.39. The van der Waals surface area contributed by atoms with Crippen LogP contribution >= 0.6 is 0 Å². The first-order chi connectivity index (χ1) is 12.7. The second kappa shape index (κ2) is 8.30. The fourth-order valence-electron chi connectivity index (χ4n) is 3.00. The van der Waals surface area contributed by atoms with E-state index in [0.717, 1.165) is 17.8 Å². The molecule has 0 atom stereocenters. The average Bonchev–Trinajstić information content (AvgIpc) is 2.61. The Labute approximate surface area is 161 Å². The molecule has 0 aromatic carbocycles. The van der Waals surface area contributed by atoms with Gasteiger partial charge in [0.25, 0.3) is 0 Å². The first-order valence-electron chi connectivity index (χ1n) is 9.21. The molecule has 146 valence electrons. The lowest BCUT2D eigenvalue weighted by molar-refractivity contribution is -0.490. The van der Waals surface area contributed by atoms with Crippen molar-refractivity contribution >= 4 is 11.8 Å². The van der Waals surface area contributed by atoms with Crippen LogP contribution in [0.5, 0.6) is 0 Å². The van der Waals surface area contributed by atoms with Crippen molar-refractivity contribution in [3.63, 3.8) is 0 Å². The van der Waals surface area contributed by atoms with Gasteiger partial charge in [0, 0.05) is 5.70 Å². The molecule has 27 heavy (non-hydrogen) atoms. The minimum atomic E-state index is -0.531. The summed E-state index contributed by atoms with van der Waals surface area (Å²) in [7, 11) is 0. The Hall–Kier alpha value is -2.75. The summed E-state index contributed by atoms with van der Waals surface area (Å²) in [6.07, 6.45) is 4.18. The lowest BCUT2D eigenvalue weighted by Gasteiger charge is -2.32. The van der Waals surface area contributed by atoms with Gasteiger partial charge < -0.3 is 15.2 Å². The molecule has 0 aromatic heterocycles. The van der Waals surface area contributed by atoms with E-state index in [2.05, 4.69) is 10.6 Å². The number of nitrogens with zero attached hydrogens (tertiary/aromatic N) is 3. The summed E-state index contributed by atoms with van der Waals surface area (Å²) < 4.78 is 13.5. The van der Waals surface area contributed by atoms with Gasteiger partial charge in [0.2, 0.25) is 17.2 Å². The minimum Gasteiger partial charge on any atom is -0.475 e. The van der Waals surface area contributed by atoms with Crippen LogP contribution in [-0.2, 0) is 9.47 Å². The van der Waals surface area contributed by atoms with Crippen molar-refractivity contribution in [2.75, 3.05) is 26.2 Å². The van der Waals surface area contributed by atoms with Crippen molar-refractivity contribution in [3.05, 3.63) is 34.9 Å². The Balaban J connectivity index is 2.37. The fraction of sp³-hybridized carbons (Fsp3) is 0.550. The third-order valence-electron chi connectivity index (χ3n) is 4.24. The van der Waals surface area contributed by atoms with Gasteiger partial charge in [-0.05, 0) is 40.2 Å². The molecule has 0 radical (unpaired) electrons. The van der Waals surface area contributed by atoms with E-state index < -0.39 is 5.60 Å². The molecule has 0 unspecified atom stereocenters. The first kappa shape index (κ1) is 20.6. The van der Waals surface area contributed by atoms with E-state index in [0.29, 0.717) is 43.3 Å². The highest BCUT2D eigenvalue weighted by Crippen LogP contribution is 2.26. The molecule has 1 amide bonds. The predicted molar refractivity (Wildman–Crippen MR) is 103 cm³/mol. The fourth-order valence-corrected chi connectivity index (χ4v) is 3.00. The van der Waals surface area contributed by atoms with Crippen molar-refractivity contribution < 1.29 is 18.8 Å². The largest absolute Gasteiger partial charge is 0.475 e. The van der Waals surface area contributed by atoms with Gasteiger partial charge in [-0.3, -0.25) is 4.90 Å². The molecular weight excluding hydrogens is 344 g/mol. The lowest BCUT2D eigenvalue weighted by atomic mass is 10.1. The standard InChI is InChI=1S/C20H29N4O3/c1-6-8-17-18(15(11-21)16(22)7-2)26-13-14-12-23(9-10-24(14)17)19(25)27-20(3,4)5/h7-8H,6,9-10,12-13,22H2,1-5H3/q+1/b16-7+,17-8-,18-15+. The number of amides is 1. The first-order valence-corrected chi connectivity index (χ1v) is 9.21. The molecule has 0 bridgehead atoms. The van der Waals surface area contributed by atoms with Gasteiger partial charge in [-0.15, -0.1) is 0 Å². The van der Waals surface area contributed by atoms with Crippen LogP contribution in [0.4, 0.5) is 4.79 Å². The van der Waals surface area contributed by atoms with E-state index in [9.17, 15) is 10.1 Å². The molecule has 2 N–H and O–H groups in total. The predicted octanol–water partition coefficient (Wildman–Crippen LogP) is 2.65. The van der Waals surface area contributed by atoms with Crippen molar-refractivity contribution in [2.45, 2.75) is 46.6 Å². The number of hydrogen-bond donors (Lipinski definition) is 1. The highest BCUT2D eigenvalue weighted by molar-refractivity contribution is 5.87. The molecule has 7 heteroatoms. The molecule has 0 aliphatic carbocycles. The van der Waals surface area contributed by atoms with Gasteiger partial charge in [0.05, 0.1) is 6.54 Å². The minimum absolute atomic E-state index is 0.303. The van der Waals surface area contributed by atoms with Crippen LogP contribution in [-0.4, -0.2) is 53.1 Å². The zero-order chi connectivity index (χ0) is 20.2. The second-order valence-electron chi connectivity index (χ2n) is 7.47. The van der Waals surface area contributed by atoms with Crippen molar-refractivity contribution in [2.24, 2.45) is 5.73 Å². The van der Waals surface area contributed by atoms with Crippen LogP contribution in [0.2, 0.25) is 0 Å². The smallest absolute Gasteiger partial charge is 0.411 e. The Kier molecular flexibility index (Phi) is 6.32. The van der Waals surface area contributed by atoms with E-state index in [1.807, 2.05) is 33.8 Å². The second-order valence-corrected chi connectivity index (χ2v) is 7.47. The lowest BCUT2D eigenvalue weighted by Crippen LogP contribution is -2.51. The zero-order valence-corrected chi connectivity index (χ0v) is 16.8. The van der Waals surface area contributed by atoms with Crippen LogP contribution in [0.25, 0.3) is 0 Å². The van der Waals surface area contributed by atoms with Crippen LogP contribution in [0.3, 0.4) is 0 Å². The molecule has 2 rings (SSSR count). The van der Waals surface area contributed by atoms with Gasteiger partial charge in [0.1, 0.15) is 23.8 Å². The normalized spacial score (nSPS) is 21.4. The molecule has 0 spiro atoms. The molecule has 2 heterocycles. The quantitative estimate of drug-likeness (QED) is 0.593. The number of nitrogens with two attached hydrogens (primary N) is 1. The summed E-state index contributed by atoms with van der Waals surface area (Å²) in [5.74, 6) is 0.504. The number of hydrogen-bond acceptors (Lipinski definition) is 5. The molecule has 2 aliphatic rings. The van der Waals surface area contributed by atoms with Crippen molar-refractivity contribution in [1.29, 1.82) is 5.26 Å². The third-order valence-corrected chi connectivity index (χ3v) is 4.24. The topological polar surface area (TPSA) is 91.6 Å². The molecule has 2 aliphatic heterocycles. The van der Waals surface area contributed by atoms with Crippen LogP contribution in [0.1, 0.15) is 41.0 Å². The molecule has 0 saturated heterocycles. The van der Waals surface area contributed by atoms with Crippen molar-refractivity contribution in [1.82, 2.24) is 4.90 Å². The maximum absolute atomic E-state index is 12.4. The Bertz CT molecular complexity index is 776. The Morgan fingerprint density at radius 2 is 2.19 bits per heavy atom. The SMILES string of the molecule is C\C=C(N)/C(C#N)=C1/OCC2=[N+](CCN(C(=O)OC(C)(C)C)C2)/C1=C\CC. The van der Waals surface area contributed by atoms with E-state index in [1.165, 1.54) is 0 Å². The summed E-state index contributed by atoms with van der Waals surface area (Å²) in [5, 5.41) is 9.55. The number of ether oxygens (including phenoxy) is 2. The van der Waals surface area contributed by atoms with Crippen LogP contribution in [0, 0.1) is 11.3 Å². The van der Waals surface area contributed by atoms with Crippen molar-refractivity contribution in [3.8, 4) is 6.07 Å². The number of allylic oxidation sites excluding steroid dienone is 3. The van der Waals surface area contributed by atoms with Crippen LogP contribution in [0.15, 0.2) is 34.9 Å². The summed E-state index contributed by atoms with van der Waals surface area (Å²) in [5.41, 5.74) is 7.99. The summed E-state index contributed by atoms with van der Waals surface area (Å²) in [6.45, 7) is 11.3. The summed E-state index contributed by atoms with van der Waals surface area (Å²) in [6, 6.07) is 2.16. The maximum atomic E-state index is 12.4. The summed E-state index contributed by atoms with van der Waals surface area (Å²) in [4.78, 5) is 14.1. The third kappa shape index (κ3) is 4.70. The number of rotatable bonds is 2. The molecule has 0 saturated carbocycles. The van der Waals surface area contributed by atoms with Gasteiger partial charge in [0.15, 0.2) is 13.2 Å². The highest BCUT2D eigenvalue weighted by atomic mass is 16.6. The molecule has 0 aromatic rings.